The van der Waals surface area contributed by atoms with Crippen molar-refractivity contribution >= 4 is 12.0 Å². The van der Waals surface area contributed by atoms with E-state index in [1.165, 1.54) is 0 Å². The minimum absolute atomic E-state index is 0.0321. The molecule has 7 heteroatoms. The van der Waals surface area contributed by atoms with E-state index in [0.717, 1.165) is 5.56 Å². The number of carbonyl (C=O) groups is 2. The van der Waals surface area contributed by atoms with E-state index in [1.54, 1.807) is 24.5 Å². The zero-order valence-corrected chi connectivity index (χ0v) is 9.67. The van der Waals surface area contributed by atoms with Gasteiger partial charge in [0.05, 0.1) is 0 Å². The van der Waals surface area contributed by atoms with Crippen LogP contribution in [0.25, 0.3) is 0 Å². The highest BCUT2D eigenvalue weighted by Crippen LogP contribution is 1.95. The van der Waals surface area contributed by atoms with Gasteiger partial charge in [-0.15, -0.1) is 0 Å². The number of nitrogens with one attached hydrogen (secondary N) is 2. The number of amides is 2. The third-order valence-electron chi connectivity index (χ3n) is 2.20. The van der Waals surface area contributed by atoms with Gasteiger partial charge in [-0.3, -0.25) is 4.98 Å². The molecule has 0 saturated carbocycles. The highest BCUT2D eigenvalue weighted by molar-refractivity contribution is 5.82. The van der Waals surface area contributed by atoms with Crippen LogP contribution in [0.1, 0.15) is 12.0 Å². The Hall–Kier alpha value is -2.15. The summed E-state index contributed by atoms with van der Waals surface area (Å²) in [6, 6.07) is 1.83. The monoisotopic (exact) mass is 253 g/mol. The minimum atomic E-state index is -1.18. The zero-order chi connectivity index (χ0) is 13.4. The number of carbonyl (C=O) groups excluding carboxylic acids is 1. The van der Waals surface area contributed by atoms with Gasteiger partial charge < -0.3 is 20.8 Å². The second-order valence-corrected chi connectivity index (χ2v) is 3.59. The average Bonchev–Trinajstić information content (AvgIpc) is 2.37. The summed E-state index contributed by atoms with van der Waals surface area (Å²) in [7, 11) is 0. The van der Waals surface area contributed by atoms with E-state index in [0.29, 0.717) is 0 Å². The molecule has 0 aromatic carbocycles. The fourth-order valence-electron chi connectivity index (χ4n) is 1.28. The minimum Gasteiger partial charge on any atom is -0.480 e. The van der Waals surface area contributed by atoms with Crippen LogP contribution in [-0.2, 0) is 11.3 Å². The number of pyridine rings is 1. The van der Waals surface area contributed by atoms with E-state index in [9.17, 15) is 9.59 Å². The Morgan fingerprint density at radius 1 is 1.44 bits per heavy atom. The van der Waals surface area contributed by atoms with Crippen molar-refractivity contribution in [1.29, 1.82) is 0 Å². The number of aliphatic hydroxyl groups is 1. The van der Waals surface area contributed by atoms with Crippen molar-refractivity contribution in [2.24, 2.45) is 0 Å². The zero-order valence-electron chi connectivity index (χ0n) is 9.67. The molecule has 0 aliphatic rings. The maximum Gasteiger partial charge on any atom is 0.326 e. The Kier molecular flexibility index (Phi) is 5.59. The van der Waals surface area contributed by atoms with Crippen LogP contribution in [0.4, 0.5) is 4.79 Å². The standard InChI is InChI=1S/C11H15N3O4/c15-5-3-9(10(16)17)14-11(18)13-7-8-2-1-4-12-6-8/h1-2,4,6,9,15H,3,5,7H2,(H,16,17)(H2,13,14,18)/t9-/m0/s1. The maximum atomic E-state index is 11.4. The number of hydrogen-bond acceptors (Lipinski definition) is 4. The Balaban J connectivity index is 2.39. The molecule has 0 fully saturated rings. The SMILES string of the molecule is O=C(NCc1cccnc1)N[C@@H](CCO)C(=O)O. The van der Waals surface area contributed by atoms with Crippen LogP contribution >= 0.6 is 0 Å². The van der Waals surface area contributed by atoms with E-state index in [-0.39, 0.29) is 19.6 Å². The molecule has 0 radical (unpaired) electrons. The molecule has 2 amide bonds. The molecule has 1 atom stereocenters. The van der Waals surface area contributed by atoms with Crippen LogP contribution in [0.2, 0.25) is 0 Å². The Bertz CT molecular complexity index is 397. The highest BCUT2D eigenvalue weighted by atomic mass is 16.4. The summed E-state index contributed by atoms with van der Waals surface area (Å²) in [5.74, 6) is -1.18. The van der Waals surface area contributed by atoms with Gasteiger partial charge in [-0.25, -0.2) is 9.59 Å². The van der Waals surface area contributed by atoms with Gasteiger partial charge >= 0.3 is 12.0 Å². The molecular formula is C11H15N3O4. The van der Waals surface area contributed by atoms with E-state index < -0.39 is 18.0 Å². The van der Waals surface area contributed by atoms with Crippen LogP contribution in [0.5, 0.6) is 0 Å². The van der Waals surface area contributed by atoms with Gasteiger partial charge in [0.25, 0.3) is 0 Å². The molecule has 0 aliphatic carbocycles. The summed E-state index contributed by atoms with van der Waals surface area (Å²) >= 11 is 0. The third kappa shape index (κ3) is 4.79. The fourth-order valence-corrected chi connectivity index (χ4v) is 1.28. The maximum absolute atomic E-state index is 11.4. The van der Waals surface area contributed by atoms with Crippen LogP contribution in [0.3, 0.4) is 0 Å². The van der Waals surface area contributed by atoms with Crippen molar-refractivity contribution in [2.45, 2.75) is 19.0 Å². The summed E-state index contributed by atoms with van der Waals surface area (Å²) in [6.45, 7) is -0.0506. The number of aromatic nitrogens is 1. The summed E-state index contributed by atoms with van der Waals surface area (Å²) in [6.07, 6.45) is 3.18. The molecule has 0 bridgehead atoms. The summed E-state index contributed by atoms with van der Waals surface area (Å²) in [5.41, 5.74) is 0.807. The number of carboxylic acids is 1. The van der Waals surface area contributed by atoms with E-state index in [2.05, 4.69) is 15.6 Å². The molecule has 98 valence electrons. The van der Waals surface area contributed by atoms with Crippen LogP contribution in [0.15, 0.2) is 24.5 Å². The molecule has 1 heterocycles. The summed E-state index contributed by atoms with van der Waals surface area (Å²) < 4.78 is 0. The second kappa shape index (κ2) is 7.23. The molecule has 1 rings (SSSR count). The molecule has 0 saturated heterocycles. The Morgan fingerprint density at radius 2 is 2.22 bits per heavy atom. The first-order chi connectivity index (χ1) is 8.63. The largest absolute Gasteiger partial charge is 0.480 e. The molecule has 1 aromatic rings. The second-order valence-electron chi connectivity index (χ2n) is 3.59. The summed E-state index contributed by atoms with van der Waals surface area (Å²) in [5, 5.41) is 22.2. The molecule has 7 nitrogen and oxygen atoms in total. The quantitative estimate of drug-likeness (QED) is 0.557. The van der Waals surface area contributed by atoms with Gasteiger partial charge in [0.15, 0.2) is 0 Å². The first-order valence-electron chi connectivity index (χ1n) is 5.40. The lowest BCUT2D eigenvalue weighted by Gasteiger charge is -2.13. The third-order valence-corrected chi connectivity index (χ3v) is 2.20. The number of urea groups is 1. The molecule has 18 heavy (non-hydrogen) atoms. The van der Waals surface area contributed by atoms with E-state index >= 15 is 0 Å². The smallest absolute Gasteiger partial charge is 0.326 e. The number of carboxylic acid groups (broad SMARTS) is 1. The van der Waals surface area contributed by atoms with Gasteiger partial charge in [0, 0.05) is 32.0 Å². The molecule has 4 N–H and O–H groups in total. The van der Waals surface area contributed by atoms with Crippen LogP contribution in [0, 0.1) is 0 Å². The summed E-state index contributed by atoms with van der Waals surface area (Å²) in [4.78, 5) is 26.0. The molecule has 1 aromatic heterocycles. The van der Waals surface area contributed by atoms with Crippen LogP contribution < -0.4 is 10.6 Å². The van der Waals surface area contributed by atoms with Gasteiger partial charge in [0.2, 0.25) is 0 Å². The number of aliphatic carboxylic acids is 1. The fraction of sp³-hybridized carbons (Fsp3) is 0.364. The van der Waals surface area contributed by atoms with Gasteiger partial charge in [0.1, 0.15) is 6.04 Å². The topological polar surface area (TPSA) is 112 Å². The lowest BCUT2D eigenvalue weighted by atomic mass is 10.2. The van der Waals surface area contributed by atoms with Gasteiger partial charge in [-0.1, -0.05) is 6.07 Å². The van der Waals surface area contributed by atoms with Crippen molar-refractivity contribution in [2.75, 3.05) is 6.61 Å². The highest BCUT2D eigenvalue weighted by Gasteiger charge is 2.18. The predicted molar refractivity (Wildman–Crippen MR) is 62.7 cm³/mol. The Labute approximate surface area is 104 Å². The molecular weight excluding hydrogens is 238 g/mol. The molecule has 0 spiro atoms. The lowest BCUT2D eigenvalue weighted by Crippen LogP contribution is -2.46. The van der Waals surface area contributed by atoms with Crippen molar-refractivity contribution in [3.05, 3.63) is 30.1 Å². The van der Waals surface area contributed by atoms with E-state index in [4.69, 9.17) is 10.2 Å². The number of rotatable bonds is 6. The lowest BCUT2D eigenvalue weighted by molar-refractivity contribution is -0.139. The van der Waals surface area contributed by atoms with Crippen molar-refractivity contribution in [1.82, 2.24) is 15.6 Å². The normalized spacial score (nSPS) is 11.6. The Morgan fingerprint density at radius 3 is 2.78 bits per heavy atom. The van der Waals surface area contributed by atoms with Gasteiger partial charge in [-0.05, 0) is 11.6 Å². The van der Waals surface area contributed by atoms with Crippen molar-refractivity contribution in [3.8, 4) is 0 Å². The first-order valence-corrected chi connectivity index (χ1v) is 5.40. The molecule has 0 unspecified atom stereocenters. The predicted octanol–water partition coefficient (Wildman–Crippen LogP) is -0.284. The number of aliphatic hydroxyl groups excluding tert-OH is 1. The number of hydrogen-bond donors (Lipinski definition) is 4. The first kappa shape index (κ1) is 13.9. The van der Waals surface area contributed by atoms with Crippen molar-refractivity contribution in [3.63, 3.8) is 0 Å². The van der Waals surface area contributed by atoms with Crippen LogP contribution in [-0.4, -0.2) is 39.8 Å². The van der Waals surface area contributed by atoms with E-state index in [1.807, 2.05) is 0 Å². The average molecular weight is 253 g/mol. The van der Waals surface area contributed by atoms with Gasteiger partial charge in [-0.2, -0.15) is 0 Å². The molecule has 0 aliphatic heterocycles. The van der Waals surface area contributed by atoms with Crippen molar-refractivity contribution < 1.29 is 19.8 Å². The number of nitrogens with zero attached hydrogens (tertiary/aromatic N) is 1.